The average molecular weight is 214 g/mol. The normalized spacial score (nSPS) is 10.6. The Morgan fingerprint density at radius 2 is 1.79 bits per heavy atom. The van der Waals surface area contributed by atoms with Crippen LogP contribution >= 0.6 is 0 Å². The summed E-state index contributed by atoms with van der Waals surface area (Å²) in [5.74, 6) is 0. The number of hydrogen-bond acceptors (Lipinski definition) is 3. The molecule has 1 aromatic carbocycles. The Morgan fingerprint density at radius 3 is 2.29 bits per heavy atom. The molecule has 0 aliphatic rings. The van der Waals surface area contributed by atoms with Crippen LogP contribution in [-0.4, -0.2) is 21.5 Å². The molecule has 0 fully saturated rings. The van der Waals surface area contributed by atoms with E-state index in [4.69, 9.17) is 0 Å². The van der Waals surface area contributed by atoms with Crippen LogP contribution in [0.1, 0.15) is 0 Å². The molecule has 0 radical (unpaired) electrons. The number of carbonyl (C=O) groups is 1. The summed E-state index contributed by atoms with van der Waals surface area (Å²) >= 11 is 0. The molecule has 0 atom stereocenters. The van der Waals surface area contributed by atoms with Crippen molar-refractivity contribution in [2.24, 2.45) is 0 Å². The number of amides is 2. The molecule has 0 saturated carbocycles. The average Bonchev–Trinajstić information content (AvgIpc) is 2.18. The van der Waals surface area contributed by atoms with Gasteiger partial charge >= 0.3 is 6.03 Å². The molecule has 14 heavy (non-hydrogen) atoms. The molecule has 0 bridgehead atoms. The molecule has 1 rings (SSSR count). The van der Waals surface area contributed by atoms with E-state index in [1.165, 1.54) is 19.2 Å². The van der Waals surface area contributed by atoms with Gasteiger partial charge in [-0.25, -0.2) is 17.9 Å². The molecule has 1 aromatic rings. The minimum Gasteiger partial charge on any atom is -0.340 e. The first-order valence-electron chi connectivity index (χ1n) is 3.86. The molecular formula is C8H10N2O3S. The Kier molecular flexibility index (Phi) is 3.08. The van der Waals surface area contributed by atoms with Gasteiger partial charge in [0, 0.05) is 7.05 Å². The van der Waals surface area contributed by atoms with Crippen LogP contribution in [0, 0.1) is 0 Å². The van der Waals surface area contributed by atoms with E-state index < -0.39 is 16.1 Å². The van der Waals surface area contributed by atoms with Crippen molar-refractivity contribution in [2.45, 2.75) is 4.90 Å². The van der Waals surface area contributed by atoms with E-state index in [9.17, 15) is 13.2 Å². The molecule has 6 heteroatoms. The molecular weight excluding hydrogens is 204 g/mol. The van der Waals surface area contributed by atoms with Gasteiger partial charge in [-0.15, -0.1) is 0 Å². The van der Waals surface area contributed by atoms with E-state index >= 15 is 0 Å². The molecule has 2 amide bonds. The van der Waals surface area contributed by atoms with Gasteiger partial charge in [-0.1, -0.05) is 18.2 Å². The Morgan fingerprint density at radius 1 is 1.21 bits per heavy atom. The quantitative estimate of drug-likeness (QED) is 0.743. The maximum Gasteiger partial charge on any atom is 0.328 e. The lowest BCUT2D eigenvalue weighted by molar-refractivity contribution is 0.248. The molecule has 0 aliphatic heterocycles. The summed E-state index contributed by atoms with van der Waals surface area (Å²) in [6.45, 7) is 0. The van der Waals surface area contributed by atoms with Gasteiger partial charge in [0.15, 0.2) is 0 Å². The first kappa shape index (κ1) is 10.5. The van der Waals surface area contributed by atoms with Gasteiger partial charge < -0.3 is 5.32 Å². The highest BCUT2D eigenvalue weighted by Crippen LogP contribution is 2.06. The fraction of sp³-hybridized carbons (Fsp3) is 0.125. The molecule has 0 saturated heterocycles. The summed E-state index contributed by atoms with van der Waals surface area (Å²) in [6, 6.07) is 6.92. The molecule has 0 heterocycles. The van der Waals surface area contributed by atoms with Crippen LogP contribution in [0.15, 0.2) is 35.2 Å². The zero-order valence-corrected chi connectivity index (χ0v) is 8.34. The number of rotatable bonds is 2. The summed E-state index contributed by atoms with van der Waals surface area (Å²) in [5, 5.41) is 2.16. The molecule has 76 valence electrons. The van der Waals surface area contributed by atoms with E-state index in [0.29, 0.717) is 0 Å². The van der Waals surface area contributed by atoms with Crippen molar-refractivity contribution >= 4 is 16.1 Å². The Bertz CT molecular complexity index is 413. The zero-order valence-electron chi connectivity index (χ0n) is 7.52. The lowest BCUT2D eigenvalue weighted by Gasteiger charge is -2.05. The van der Waals surface area contributed by atoms with Crippen LogP contribution in [-0.2, 0) is 10.0 Å². The zero-order chi connectivity index (χ0) is 10.6. The fourth-order valence-electron chi connectivity index (χ4n) is 0.832. The van der Waals surface area contributed by atoms with E-state index in [1.54, 1.807) is 18.2 Å². The molecule has 5 nitrogen and oxygen atoms in total. The van der Waals surface area contributed by atoms with E-state index in [1.807, 2.05) is 4.72 Å². The van der Waals surface area contributed by atoms with Crippen LogP contribution in [0.3, 0.4) is 0 Å². The van der Waals surface area contributed by atoms with Gasteiger partial charge in [-0.3, -0.25) is 0 Å². The topological polar surface area (TPSA) is 75.3 Å². The number of nitrogens with one attached hydrogen (secondary N) is 2. The summed E-state index contributed by atoms with van der Waals surface area (Å²) in [7, 11) is -2.39. The summed E-state index contributed by atoms with van der Waals surface area (Å²) < 4.78 is 24.7. The Labute approximate surface area is 82.2 Å². The van der Waals surface area contributed by atoms with Gasteiger partial charge in [-0.05, 0) is 12.1 Å². The van der Waals surface area contributed by atoms with Gasteiger partial charge in [-0.2, -0.15) is 0 Å². The standard InChI is InChI=1S/C8H10N2O3S/c1-9-8(11)10-14(12,13)7-5-3-2-4-6-7/h2-6H,1H3,(H2,9,10,11). The second kappa shape index (κ2) is 4.10. The monoisotopic (exact) mass is 214 g/mol. The van der Waals surface area contributed by atoms with E-state index in [0.717, 1.165) is 0 Å². The lowest BCUT2D eigenvalue weighted by Crippen LogP contribution is -2.37. The first-order valence-corrected chi connectivity index (χ1v) is 5.34. The molecule has 0 unspecified atom stereocenters. The van der Waals surface area contributed by atoms with Crippen LogP contribution in [0.25, 0.3) is 0 Å². The summed E-state index contributed by atoms with van der Waals surface area (Å²) in [4.78, 5) is 10.9. The highest BCUT2D eigenvalue weighted by molar-refractivity contribution is 7.90. The van der Waals surface area contributed by atoms with Crippen molar-refractivity contribution in [1.82, 2.24) is 10.0 Å². The van der Waals surface area contributed by atoms with Gasteiger partial charge in [0.25, 0.3) is 10.0 Å². The second-order valence-corrected chi connectivity index (χ2v) is 4.18. The third-order valence-electron chi connectivity index (χ3n) is 1.51. The maximum absolute atomic E-state index is 11.4. The summed E-state index contributed by atoms with van der Waals surface area (Å²) in [6.07, 6.45) is 0. The van der Waals surface area contributed by atoms with Crippen molar-refractivity contribution in [3.8, 4) is 0 Å². The van der Waals surface area contributed by atoms with Crippen molar-refractivity contribution in [3.63, 3.8) is 0 Å². The highest BCUT2D eigenvalue weighted by Gasteiger charge is 2.15. The lowest BCUT2D eigenvalue weighted by atomic mass is 10.4. The molecule has 2 N–H and O–H groups in total. The van der Waals surface area contributed by atoms with Crippen LogP contribution in [0.4, 0.5) is 4.79 Å². The van der Waals surface area contributed by atoms with Gasteiger partial charge in [0.05, 0.1) is 4.90 Å². The maximum atomic E-state index is 11.4. The molecule has 0 aromatic heterocycles. The van der Waals surface area contributed by atoms with Crippen molar-refractivity contribution in [2.75, 3.05) is 7.05 Å². The minimum atomic E-state index is -3.73. The predicted molar refractivity (Wildman–Crippen MR) is 51.2 cm³/mol. The van der Waals surface area contributed by atoms with Crippen molar-refractivity contribution in [3.05, 3.63) is 30.3 Å². The third-order valence-corrected chi connectivity index (χ3v) is 2.85. The van der Waals surface area contributed by atoms with Crippen molar-refractivity contribution in [1.29, 1.82) is 0 Å². The number of benzene rings is 1. The van der Waals surface area contributed by atoms with Crippen LogP contribution in [0.2, 0.25) is 0 Å². The smallest absolute Gasteiger partial charge is 0.328 e. The van der Waals surface area contributed by atoms with E-state index in [2.05, 4.69) is 5.32 Å². The van der Waals surface area contributed by atoms with Crippen LogP contribution < -0.4 is 10.0 Å². The SMILES string of the molecule is CNC(=O)NS(=O)(=O)c1ccccc1. The van der Waals surface area contributed by atoms with E-state index in [-0.39, 0.29) is 4.90 Å². The Balaban J connectivity index is 2.93. The van der Waals surface area contributed by atoms with Crippen molar-refractivity contribution < 1.29 is 13.2 Å². The molecule has 0 spiro atoms. The number of sulfonamides is 1. The Hall–Kier alpha value is -1.56. The fourth-order valence-corrected chi connectivity index (χ4v) is 1.81. The highest BCUT2D eigenvalue weighted by atomic mass is 32.2. The number of urea groups is 1. The largest absolute Gasteiger partial charge is 0.340 e. The van der Waals surface area contributed by atoms with Crippen LogP contribution in [0.5, 0.6) is 0 Å². The predicted octanol–water partition coefficient (Wildman–Crippen LogP) is 0.304. The summed E-state index contributed by atoms with van der Waals surface area (Å²) in [5.41, 5.74) is 0. The number of carbonyl (C=O) groups excluding carboxylic acids is 1. The first-order chi connectivity index (χ1) is 6.56. The third kappa shape index (κ3) is 2.46. The number of hydrogen-bond donors (Lipinski definition) is 2. The molecule has 0 aliphatic carbocycles. The minimum absolute atomic E-state index is 0.0589. The second-order valence-electron chi connectivity index (χ2n) is 2.50. The van der Waals surface area contributed by atoms with Gasteiger partial charge in [0.1, 0.15) is 0 Å². The van der Waals surface area contributed by atoms with Gasteiger partial charge in [0.2, 0.25) is 0 Å².